The van der Waals surface area contributed by atoms with E-state index in [1.807, 2.05) is 0 Å². The van der Waals surface area contributed by atoms with E-state index < -0.39 is 22.3 Å². The number of nitro benzene ring substituents is 1. The smallest absolute Gasteiger partial charge is 0.312 e. The van der Waals surface area contributed by atoms with Gasteiger partial charge in [-0.25, -0.2) is 5.43 Å². The van der Waals surface area contributed by atoms with E-state index in [2.05, 4.69) is 10.5 Å². The Morgan fingerprint density at radius 3 is 2.65 bits per heavy atom. The number of nitrogens with zero attached hydrogens (tertiary/aromatic N) is 2. The van der Waals surface area contributed by atoms with Crippen LogP contribution in [0.1, 0.15) is 15.9 Å². The molecule has 0 aliphatic rings. The topological polar surface area (TPSA) is 105 Å². The molecule has 0 aromatic heterocycles. The average Bonchev–Trinajstić information content (AvgIpc) is 2.50. The van der Waals surface area contributed by atoms with E-state index in [1.54, 1.807) is 18.2 Å². The summed E-state index contributed by atoms with van der Waals surface area (Å²) in [6.07, 6.45) is 1.04. The summed E-state index contributed by atoms with van der Waals surface area (Å²) < 4.78 is 0. The highest BCUT2D eigenvalue weighted by Crippen LogP contribution is 2.32. The molecule has 7 nitrogen and oxygen atoms in total. The van der Waals surface area contributed by atoms with Gasteiger partial charge in [0.05, 0.1) is 21.7 Å². The number of halogens is 2. The zero-order valence-corrected chi connectivity index (χ0v) is 12.9. The summed E-state index contributed by atoms with van der Waals surface area (Å²) in [6, 6.07) is 8.65. The van der Waals surface area contributed by atoms with Crippen LogP contribution in [0.2, 0.25) is 10.0 Å². The van der Waals surface area contributed by atoms with Gasteiger partial charge in [-0.15, -0.1) is 0 Å². The van der Waals surface area contributed by atoms with Crippen LogP contribution in [0.3, 0.4) is 0 Å². The molecule has 118 valence electrons. The van der Waals surface area contributed by atoms with Crippen molar-refractivity contribution in [3.05, 3.63) is 67.7 Å². The van der Waals surface area contributed by atoms with Crippen molar-refractivity contribution in [2.75, 3.05) is 0 Å². The largest absolute Gasteiger partial charge is 0.502 e. The fraction of sp³-hybridized carbons (Fsp3) is 0. The summed E-state index contributed by atoms with van der Waals surface area (Å²) in [5.41, 5.74) is 1.85. The SMILES string of the molecule is O=C(N/N=C\c1cc(Cl)cc([N+](=O)[O-])c1O)c1ccccc1Cl. The molecule has 2 aromatic carbocycles. The molecule has 0 aliphatic heterocycles. The molecule has 0 atom stereocenters. The van der Waals surface area contributed by atoms with E-state index >= 15 is 0 Å². The van der Waals surface area contributed by atoms with Crippen LogP contribution in [0.15, 0.2) is 41.5 Å². The number of amides is 1. The van der Waals surface area contributed by atoms with Gasteiger partial charge < -0.3 is 5.11 Å². The molecule has 2 rings (SSSR count). The van der Waals surface area contributed by atoms with Gasteiger partial charge >= 0.3 is 5.69 Å². The number of phenolic OH excluding ortho intramolecular Hbond substituents is 1. The molecule has 0 saturated heterocycles. The number of hydrogen-bond acceptors (Lipinski definition) is 5. The zero-order valence-electron chi connectivity index (χ0n) is 11.4. The minimum absolute atomic E-state index is 0.0105. The summed E-state index contributed by atoms with van der Waals surface area (Å²) in [5, 5.41) is 24.5. The number of hydrazone groups is 1. The van der Waals surface area contributed by atoms with Gasteiger partial charge in [0.25, 0.3) is 5.91 Å². The Morgan fingerprint density at radius 2 is 2.00 bits per heavy atom. The Morgan fingerprint density at radius 1 is 1.30 bits per heavy atom. The summed E-state index contributed by atoms with van der Waals surface area (Å²) in [5.74, 6) is -1.17. The Hall–Kier alpha value is -2.64. The Balaban J connectivity index is 2.20. The van der Waals surface area contributed by atoms with Crippen molar-refractivity contribution >= 4 is 41.0 Å². The molecule has 0 bridgehead atoms. The number of carbonyl (C=O) groups is 1. The monoisotopic (exact) mass is 353 g/mol. The third-order valence-electron chi connectivity index (χ3n) is 2.77. The van der Waals surface area contributed by atoms with Gasteiger partial charge in [0.1, 0.15) is 0 Å². The standard InChI is InChI=1S/C14H9Cl2N3O4/c15-9-5-8(13(20)12(6-9)19(22)23)7-17-18-14(21)10-3-1-2-4-11(10)16/h1-7,20H,(H,18,21)/b17-7-. The van der Waals surface area contributed by atoms with Crippen LogP contribution < -0.4 is 5.43 Å². The maximum absolute atomic E-state index is 11.9. The lowest BCUT2D eigenvalue weighted by atomic mass is 10.2. The lowest BCUT2D eigenvalue weighted by Crippen LogP contribution is -2.17. The van der Waals surface area contributed by atoms with Crippen LogP contribution in [0.5, 0.6) is 5.75 Å². The molecule has 9 heteroatoms. The van der Waals surface area contributed by atoms with Gasteiger partial charge in [-0.2, -0.15) is 5.10 Å². The molecular formula is C14H9Cl2N3O4. The van der Waals surface area contributed by atoms with Crippen LogP contribution in [0.4, 0.5) is 5.69 Å². The van der Waals surface area contributed by atoms with Gasteiger partial charge in [0.15, 0.2) is 0 Å². The van der Waals surface area contributed by atoms with Gasteiger partial charge in [0, 0.05) is 16.7 Å². The molecular weight excluding hydrogens is 345 g/mol. The summed E-state index contributed by atoms with van der Waals surface area (Å²) in [6.45, 7) is 0. The summed E-state index contributed by atoms with van der Waals surface area (Å²) in [7, 11) is 0. The molecule has 0 heterocycles. The van der Waals surface area contributed by atoms with Gasteiger partial charge in [-0.1, -0.05) is 35.3 Å². The van der Waals surface area contributed by atoms with Gasteiger partial charge in [0.2, 0.25) is 5.75 Å². The molecule has 0 spiro atoms. The molecule has 1 amide bonds. The number of carbonyl (C=O) groups excluding carboxylic acids is 1. The molecule has 0 fully saturated rings. The number of hydrogen-bond donors (Lipinski definition) is 2. The first-order valence-electron chi connectivity index (χ1n) is 6.15. The fourth-order valence-electron chi connectivity index (χ4n) is 1.71. The first-order valence-corrected chi connectivity index (χ1v) is 6.90. The molecule has 0 aliphatic carbocycles. The molecule has 0 radical (unpaired) electrons. The van der Waals surface area contributed by atoms with E-state index in [0.29, 0.717) is 0 Å². The van der Waals surface area contributed by atoms with Crippen molar-refractivity contribution in [1.82, 2.24) is 5.43 Å². The number of nitrogens with one attached hydrogen (secondary N) is 1. The Kier molecular flexibility index (Phi) is 5.15. The van der Waals surface area contributed by atoms with Crippen LogP contribution >= 0.6 is 23.2 Å². The highest BCUT2D eigenvalue weighted by molar-refractivity contribution is 6.33. The van der Waals surface area contributed by atoms with Crippen LogP contribution in [-0.4, -0.2) is 22.2 Å². The predicted molar refractivity (Wildman–Crippen MR) is 86.3 cm³/mol. The summed E-state index contributed by atoms with van der Waals surface area (Å²) in [4.78, 5) is 21.9. The normalized spacial score (nSPS) is 10.7. The Labute approximate surface area is 140 Å². The minimum Gasteiger partial charge on any atom is -0.502 e. The molecule has 0 unspecified atom stereocenters. The first-order chi connectivity index (χ1) is 10.9. The molecule has 2 aromatic rings. The number of benzene rings is 2. The fourth-order valence-corrected chi connectivity index (χ4v) is 2.15. The van der Waals surface area contributed by atoms with Crippen molar-refractivity contribution in [3.63, 3.8) is 0 Å². The third-order valence-corrected chi connectivity index (χ3v) is 3.32. The van der Waals surface area contributed by atoms with E-state index in [1.165, 1.54) is 12.1 Å². The third kappa shape index (κ3) is 3.97. The average molecular weight is 354 g/mol. The second kappa shape index (κ2) is 7.08. The van der Waals surface area contributed by atoms with Crippen molar-refractivity contribution in [2.24, 2.45) is 5.10 Å². The van der Waals surface area contributed by atoms with Crippen molar-refractivity contribution in [1.29, 1.82) is 0 Å². The number of phenols is 1. The second-order valence-corrected chi connectivity index (χ2v) is 5.14. The van der Waals surface area contributed by atoms with Crippen molar-refractivity contribution in [3.8, 4) is 5.75 Å². The van der Waals surface area contributed by atoms with Gasteiger partial charge in [-0.05, 0) is 18.2 Å². The highest BCUT2D eigenvalue weighted by Gasteiger charge is 2.17. The van der Waals surface area contributed by atoms with Crippen molar-refractivity contribution in [2.45, 2.75) is 0 Å². The maximum atomic E-state index is 11.9. The molecule has 23 heavy (non-hydrogen) atoms. The maximum Gasteiger partial charge on any atom is 0.312 e. The predicted octanol–water partition coefficient (Wildman–Crippen LogP) is 3.37. The summed E-state index contributed by atoms with van der Waals surface area (Å²) >= 11 is 11.6. The van der Waals surface area contributed by atoms with E-state index in [0.717, 1.165) is 12.3 Å². The highest BCUT2D eigenvalue weighted by atomic mass is 35.5. The van der Waals surface area contributed by atoms with Crippen molar-refractivity contribution < 1.29 is 14.8 Å². The molecule has 2 N–H and O–H groups in total. The minimum atomic E-state index is -0.777. The van der Waals surface area contributed by atoms with Crippen LogP contribution in [0.25, 0.3) is 0 Å². The van der Waals surface area contributed by atoms with E-state index in [-0.39, 0.29) is 21.2 Å². The van der Waals surface area contributed by atoms with E-state index in [9.17, 15) is 20.0 Å². The Bertz CT molecular complexity index is 809. The van der Waals surface area contributed by atoms with E-state index in [4.69, 9.17) is 23.2 Å². The lowest BCUT2D eigenvalue weighted by molar-refractivity contribution is -0.385. The number of aromatic hydroxyl groups is 1. The van der Waals surface area contributed by atoms with Gasteiger partial charge in [-0.3, -0.25) is 14.9 Å². The first kappa shape index (κ1) is 16.7. The van der Waals surface area contributed by atoms with Crippen LogP contribution in [0, 0.1) is 10.1 Å². The quantitative estimate of drug-likeness (QED) is 0.499. The molecule has 0 saturated carbocycles. The number of rotatable bonds is 4. The van der Waals surface area contributed by atoms with Crippen LogP contribution in [-0.2, 0) is 0 Å². The number of nitro groups is 1. The second-order valence-electron chi connectivity index (χ2n) is 4.30. The zero-order chi connectivity index (χ0) is 17.0. The lowest BCUT2D eigenvalue weighted by Gasteiger charge is -2.03.